The van der Waals surface area contributed by atoms with E-state index >= 15 is 0 Å². The van der Waals surface area contributed by atoms with Crippen LogP contribution < -0.4 is 14.2 Å². The Hall–Kier alpha value is -2.65. The van der Waals surface area contributed by atoms with Gasteiger partial charge in [0, 0.05) is 12.6 Å². The highest BCUT2D eigenvalue weighted by Crippen LogP contribution is 2.34. The molecule has 0 radical (unpaired) electrons. The Morgan fingerprint density at radius 1 is 1.19 bits per heavy atom. The summed E-state index contributed by atoms with van der Waals surface area (Å²) in [5, 5.41) is 0.214. The minimum Gasteiger partial charge on any atom is -0.493 e. The highest BCUT2D eigenvalue weighted by Gasteiger charge is 2.31. The van der Waals surface area contributed by atoms with Crippen molar-refractivity contribution in [1.29, 1.82) is 0 Å². The van der Waals surface area contributed by atoms with Gasteiger partial charge in [-0.15, -0.1) is 0 Å². The Balaban J connectivity index is 1.66. The number of ether oxygens (including phenoxy) is 4. The first kappa shape index (κ1) is 23.0. The van der Waals surface area contributed by atoms with Gasteiger partial charge in [-0.1, -0.05) is 17.7 Å². The molecule has 1 fully saturated rings. The van der Waals surface area contributed by atoms with E-state index in [1.807, 2.05) is 0 Å². The zero-order valence-electron chi connectivity index (χ0n) is 16.9. The number of carbonyl (C=O) groups excluding carboxylic acids is 1. The van der Waals surface area contributed by atoms with Crippen LogP contribution in [0.5, 0.6) is 17.2 Å². The predicted octanol–water partition coefficient (Wildman–Crippen LogP) is 4.30. The number of hydrogen-bond acceptors (Lipinski definition) is 5. The van der Waals surface area contributed by atoms with Gasteiger partial charge in [-0.05, 0) is 24.3 Å². The van der Waals surface area contributed by atoms with Crippen molar-refractivity contribution in [3.05, 3.63) is 52.5 Å². The fourth-order valence-corrected chi connectivity index (χ4v) is 3.38. The van der Waals surface area contributed by atoms with Crippen LogP contribution in [-0.4, -0.2) is 57.4 Å². The molecule has 1 heterocycles. The molecule has 0 N–H and O–H groups in total. The van der Waals surface area contributed by atoms with Crippen molar-refractivity contribution >= 4 is 17.5 Å². The van der Waals surface area contributed by atoms with E-state index < -0.39 is 17.8 Å². The van der Waals surface area contributed by atoms with Crippen LogP contribution in [0.15, 0.2) is 36.4 Å². The normalized spacial score (nSPS) is 16.7. The molecule has 1 aliphatic rings. The van der Waals surface area contributed by atoms with E-state index in [2.05, 4.69) is 0 Å². The average Bonchev–Trinajstić information content (AvgIpc) is 2.76. The van der Waals surface area contributed by atoms with E-state index in [-0.39, 0.29) is 42.0 Å². The third kappa shape index (κ3) is 5.54. The fraction of sp³-hybridized carbons (Fsp3) is 0.381. The van der Waals surface area contributed by atoms with Crippen LogP contribution in [0.4, 0.5) is 13.2 Å². The second-order valence-corrected chi connectivity index (χ2v) is 7.17. The summed E-state index contributed by atoms with van der Waals surface area (Å²) in [6.45, 7) is 0.782. The highest BCUT2D eigenvalue weighted by molar-refractivity contribution is 6.34. The van der Waals surface area contributed by atoms with Crippen LogP contribution in [-0.2, 0) is 10.9 Å². The Morgan fingerprint density at radius 2 is 1.90 bits per heavy atom. The van der Waals surface area contributed by atoms with E-state index in [9.17, 15) is 18.0 Å². The van der Waals surface area contributed by atoms with Gasteiger partial charge in [-0.3, -0.25) is 4.79 Å². The summed E-state index contributed by atoms with van der Waals surface area (Å²) in [7, 11) is 2.92. The largest absolute Gasteiger partial charge is 0.493 e. The molecule has 1 aliphatic heterocycles. The number of alkyl halides is 3. The molecule has 2 aromatic carbocycles. The number of nitrogens with zero attached hydrogens (tertiary/aromatic N) is 1. The number of benzene rings is 2. The van der Waals surface area contributed by atoms with Crippen LogP contribution in [0.2, 0.25) is 5.02 Å². The summed E-state index contributed by atoms with van der Waals surface area (Å²) in [6.07, 6.45) is -4.96. The van der Waals surface area contributed by atoms with E-state index in [0.717, 1.165) is 12.1 Å². The number of carbonyl (C=O) groups is 1. The predicted molar refractivity (Wildman–Crippen MR) is 107 cm³/mol. The van der Waals surface area contributed by atoms with Gasteiger partial charge in [0.05, 0.1) is 43.5 Å². The average molecular weight is 460 g/mol. The standard InChI is InChI=1S/C21H21ClF3NO5/c1-28-18-9-16(17(22)10-19(18)29-2)20(27)26-6-7-30-15(11-26)12-31-14-5-3-4-13(8-14)21(23,24)25/h3-5,8-10,15H,6-7,11-12H2,1-2H3. The SMILES string of the molecule is COc1cc(Cl)c(C(=O)N2CCOC(COc3cccc(C(F)(F)F)c3)C2)cc1OC. The van der Waals surface area contributed by atoms with E-state index in [4.69, 9.17) is 30.5 Å². The smallest absolute Gasteiger partial charge is 0.416 e. The molecule has 1 saturated heterocycles. The molecule has 0 aliphatic carbocycles. The Labute approximate surface area is 182 Å². The number of hydrogen-bond donors (Lipinski definition) is 0. The van der Waals surface area contributed by atoms with Gasteiger partial charge in [0.25, 0.3) is 5.91 Å². The summed E-state index contributed by atoms with van der Waals surface area (Å²) in [5.74, 6) is 0.523. The van der Waals surface area contributed by atoms with Crippen molar-refractivity contribution in [2.24, 2.45) is 0 Å². The maximum absolute atomic E-state index is 13.0. The van der Waals surface area contributed by atoms with Gasteiger partial charge in [0.2, 0.25) is 0 Å². The van der Waals surface area contributed by atoms with E-state index in [0.29, 0.717) is 18.0 Å². The second-order valence-electron chi connectivity index (χ2n) is 6.77. The molecule has 1 unspecified atom stereocenters. The summed E-state index contributed by atoms with van der Waals surface area (Å²) in [6, 6.07) is 7.61. The van der Waals surface area contributed by atoms with Crippen LogP contribution >= 0.6 is 11.6 Å². The lowest BCUT2D eigenvalue weighted by atomic mass is 10.1. The van der Waals surface area contributed by atoms with Gasteiger partial charge < -0.3 is 23.8 Å². The molecule has 3 rings (SSSR count). The Kier molecular flexibility index (Phi) is 7.17. The van der Waals surface area contributed by atoms with E-state index in [1.165, 1.54) is 38.5 Å². The molecule has 1 atom stereocenters. The molecule has 0 aromatic heterocycles. The van der Waals surface area contributed by atoms with Gasteiger partial charge >= 0.3 is 6.18 Å². The molecule has 31 heavy (non-hydrogen) atoms. The topological polar surface area (TPSA) is 57.2 Å². The van der Waals surface area contributed by atoms with Crippen molar-refractivity contribution in [2.45, 2.75) is 12.3 Å². The number of amides is 1. The third-order valence-electron chi connectivity index (χ3n) is 4.73. The molecule has 1 amide bonds. The number of methoxy groups -OCH3 is 2. The van der Waals surface area contributed by atoms with Gasteiger partial charge in [0.1, 0.15) is 18.5 Å². The van der Waals surface area contributed by atoms with Crippen molar-refractivity contribution in [3.8, 4) is 17.2 Å². The maximum atomic E-state index is 13.0. The minimum atomic E-state index is -4.46. The van der Waals surface area contributed by atoms with Crippen LogP contribution in [0.25, 0.3) is 0 Å². The third-order valence-corrected chi connectivity index (χ3v) is 5.04. The van der Waals surface area contributed by atoms with Gasteiger partial charge in [0.15, 0.2) is 11.5 Å². The molecular weight excluding hydrogens is 439 g/mol. The molecule has 10 heteroatoms. The first-order valence-corrected chi connectivity index (χ1v) is 9.73. The Morgan fingerprint density at radius 3 is 2.58 bits per heavy atom. The quantitative estimate of drug-likeness (QED) is 0.645. The zero-order valence-corrected chi connectivity index (χ0v) is 17.6. The van der Waals surface area contributed by atoms with Crippen molar-refractivity contribution < 1.29 is 36.9 Å². The lowest BCUT2D eigenvalue weighted by Gasteiger charge is -2.33. The molecule has 0 saturated carbocycles. The molecular formula is C21H21ClF3NO5. The van der Waals surface area contributed by atoms with Gasteiger partial charge in [-0.2, -0.15) is 13.2 Å². The summed E-state index contributed by atoms with van der Waals surface area (Å²) in [5.41, 5.74) is -0.548. The van der Waals surface area contributed by atoms with E-state index in [1.54, 1.807) is 4.90 Å². The zero-order chi connectivity index (χ0) is 22.6. The summed E-state index contributed by atoms with van der Waals surface area (Å²) in [4.78, 5) is 14.5. The number of morpholine rings is 1. The minimum absolute atomic E-state index is 0.00917. The van der Waals surface area contributed by atoms with Crippen LogP contribution in [0.3, 0.4) is 0 Å². The fourth-order valence-electron chi connectivity index (χ4n) is 3.14. The summed E-state index contributed by atoms with van der Waals surface area (Å²) < 4.78 is 60.0. The van der Waals surface area contributed by atoms with Crippen LogP contribution in [0, 0.1) is 0 Å². The van der Waals surface area contributed by atoms with Crippen LogP contribution in [0.1, 0.15) is 15.9 Å². The number of rotatable bonds is 6. The highest BCUT2D eigenvalue weighted by atomic mass is 35.5. The molecule has 6 nitrogen and oxygen atoms in total. The molecule has 0 spiro atoms. The summed E-state index contributed by atoms with van der Waals surface area (Å²) >= 11 is 6.25. The van der Waals surface area contributed by atoms with Crippen molar-refractivity contribution in [2.75, 3.05) is 40.5 Å². The first-order chi connectivity index (χ1) is 14.7. The maximum Gasteiger partial charge on any atom is 0.416 e. The molecule has 168 valence electrons. The van der Waals surface area contributed by atoms with Crippen molar-refractivity contribution in [1.82, 2.24) is 4.90 Å². The monoisotopic (exact) mass is 459 g/mol. The molecule has 2 aromatic rings. The Bertz CT molecular complexity index is 938. The van der Waals surface area contributed by atoms with Gasteiger partial charge in [-0.25, -0.2) is 0 Å². The number of halogens is 4. The molecule has 0 bridgehead atoms. The second kappa shape index (κ2) is 9.65. The lowest BCUT2D eigenvalue weighted by molar-refractivity contribution is -0.137. The lowest BCUT2D eigenvalue weighted by Crippen LogP contribution is -2.47. The van der Waals surface area contributed by atoms with Crippen molar-refractivity contribution in [3.63, 3.8) is 0 Å². The first-order valence-electron chi connectivity index (χ1n) is 9.35.